The van der Waals surface area contributed by atoms with Crippen LogP contribution < -0.4 is 5.32 Å². The molecule has 0 bridgehead atoms. The molecule has 0 unspecified atom stereocenters. The van der Waals surface area contributed by atoms with Crippen molar-refractivity contribution >= 4 is 34.0 Å². The maximum Gasteiger partial charge on any atom is 0.130 e. The molecule has 0 aliphatic heterocycles. The number of fused-ring (bicyclic) bond motifs is 1. The Bertz CT molecular complexity index is 610. The second kappa shape index (κ2) is 5.41. The van der Waals surface area contributed by atoms with Crippen LogP contribution in [-0.2, 0) is 12.8 Å². The molecule has 0 fully saturated rings. The normalized spacial score (nSPS) is 13.9. The number of halogens is 1. The summed E-state index contributed by atoms with van der Waals surface area (Å²) in [6, 6.07) is 12.2. The van der Waals surface area contributed by atoms with Crippen molar-refractivity contribution in [1.82, 2.24) is 0 Å². The first-order chi connectivity index (χ1) is 9.24. The van der Waals surface area contributed by atoms with Crippen LogP contribution in [0.1, 0.15) is 24.0 Å². The highest BCUT2D eigenvalue weighted by atomic mass is 127. The first-order valence-corrected chi connectivity index (χ1v) is 7.68. The van der Waals surface area contributed by atoms with E-state index in [-0.39, 0.29) is 0 Å². The van der Waals surface area contributed by atoms with Crippen molar-refractivity contribution < 1.29 is 5.11 Å². The van der Waals surface area contributed by atoms with E-state index in [1.165, 1.54) is 36.1 Å². The third-order valence-electron chi connectivity index (χ3n) is 3.62. The highest BCUT2D eigenvalue weighted by molar-refractivity contribution is 14.1. The molecule has 0 saturated heterocycles. The summed E-state index contributed by atoms with van der Waals surface area (Å²) in [6.45, 7) is 0. The summed E-state index contributed by atoms with van der Waals surface area (Å²) in [6.07, 6.45) is 4.89. The average Bonchev–Trinajstić information content (AvgIpc) is 2.43. The molecule has 1 aliphatic carbocycles. The summed E-state index contributed by atoms with van der Waals surface area (Å²) < 4.78 is 0.873. The molecule has 0 saturated carbocycles. The van der Waals surface area contributed by atoms with E-state index in [1.54, 1.807) is 6.07 Å². The van der Waals surface area contributed by atoms with Crippen LogP contribution in [0.15, 0.2) is 36.4 Å². The van der Waals surface area contributed by atoms with Crippen LogP contribution in [0.2, 0.25) is 0 Å². The molecule has 0 amide bonds. The second-order valence-electron chi connectivity index (χ2n) is 4.94. The number of hydrogen-bond donors (Lipinski definition) is 2. The molecule has 0 heterocycles. The van der Waals surface area contributed by atoms with E-state index in [0.717, 1.165) is 15.7 Å². The Labute approximate surface area is 127 Å². The average molecular weight is 365 g/mol. The summed E-state index contributed by atoms with van der Waals surface area (Å²) in [5.74, 6) is 0.329. The standard InChI is InChI=1S/C16H16INO/c17-14-9-8-12(10-16(14)19)18-15-7-3-5-11-4-1-2-6-13(11)15/h3,5,7-10,18-19H,1-2,4,6H2. The van der Waals surface area contributed by atoms with Crippen LogP contribution in [0, 0.1) is 3.57 Å². The van der Waals surface area contributed by atoms with E-state index < -0.39 is 0 Å². The lowest BCUT2D eigenvalue weighted by Crippen LogP contribution is -2.06. The minimum absolute atomic E-state index is 0.329. The number of anilines is 2. The number of phenols is 1. The van der Waals surface area contributed by atoms with Crippen molar-refractivity contribution in [2.45, 2.75) is 25.7 Å². The molecule has 3 rings (SSSR count). The van der Waals surface area contributed by atoms with Gasteiger partial charge in [-0.05, 0) is 77.6 Å². The van der Waals surface area contributed by atoms with Crippen molar-refractivity contribution in [2.24, 2.45) is 0 Å². The Balaban J connectivity index is 1.92. The van der Waals surface area contributed by atoms with E-state index in [9.17, 15) is 5.11 Å². The molecule has 0 radical (unpaired) electrons. The Morgan fingerprint density at radius 3 is 2.74 bits per heavy atom. The van der Waals surface area contributed by atoms with Gasteiger partial charge in [0.25, 0.3) is 0 Å². The van der Waals surface area contributed by atoms with Gasteiger partial charge in [-0.3, -0.25) is 0 Å². The molecule has 0 atom stereocenters. The number of benzene rings is 2. The molecule has 3 heteroatoms. The van der Waals surface area contributed by atoms with Gasteiger partial charge in [0.15, 0.2) is 0 Å². The number of aryl methyl sites for hydroxylation is 1. The number of hydrogen-bond acceptors (Lipinski definition) is 2. The van der Waals surface area contributed by atoms with Crippen LogP contribution in [0.25, 0.3) is 0 Å². The van der Waals surface area contributed by atoms with Gasteiger partial charge in [0, 0.05) is 17.4 Å². The summed E-state index contributed by atoms with van der Waals surface area (Å²) in [5.41, 5.74) is 5.02. The first-order valence-electron chi connectivity index (χ1n) is 6.60. The minimum atomic E-state index is 0.329. The van der Waals surface area contributed by atoms with E-state index in [4.69, 9.17) is 0 Å². The molecular weight excluding hydrogens is 349 g/mol. The second-order valence-corrected chi connectivity index (χ2v) is 6.10. The maximum absolute atomic E-state index is 9.77. The quantitative estimate of drug-likeness (QED) is 0.762. The predicted molar refractivity (Wildman–Crippen MR) is 87.2 cm³/mol. The van der Waals surface area contributed by atoms with Gasteiger partial charge in [0.1, 0.15) is 5.75 Å². The van der Waals surface area contributed by atoms with Crippen molar-refractivity contribution in [3.63, 3.8) is 0 Å². The smallest absolute Gasteiger partial charge is 0.130 e. The van der Waals surface area contributed by atoms with Gasteiger partial charge in [0.2, 0.25) is 0 Å². The first kappa shape index (κ1) is 12.8. The molecule has 0 aromatic heterocycles. The van der Waals surface area contributed by atoms with Gasteiger partial charge in [-0.1, -0.05) is 12.1 Å². The Morgan fingerprint density at radius 2 is 1.89 bits per heavy atom. The summed E-state index contributed by atoms with van der Waals surface area (Å²) in [7, 11) is 0. The van der Waals surface area contributed by atoms with E-state index in [2.05, 4.69) is 46.1 Å². The summed E-state index contributed by atoms with van der Waals surface area (Å²) in [4.78, 5) is 0. The molecule has 1 aliphatic rings. The molecular formula is C16H16INO. The Hall–Kier alpha value is -1.23. The van der Waals surface area contributed by atoms with E-state index in [0.29, 0.717) is 5.75 Å². The van der Waals surface area contributed by atoms with Gasteiger partial charge < -0.3 is 10.4 Å². The molecule has 2 aromatic carbocycles. The van der Waals surface area contributed by atoms with Gasteiger partial charge in [-0.25, -0.2) is 0 Å². The lowest BCUT2D eigenvalue weighted by atomic mass is 9.90. The lowest BCUT2D eigenvalue weighted by Gasteiger charge is -2.20. The number of aromatic hydroxyl groups is 1. The largest absolute Gasteiger partial charge is 0.507 e. The zero-order chi connectivity index (χ0) is 13.2. The Morgan fingerprint density at radius 1 is 1.05 bits per heavy atom. The molecule has 2 aromatic rings. The summed E-state index contributed by atoms with van der Waals surface area (Å²) in [5, 5.41) is 13.2. The third-order valence-corrected chi connectivity index (χ3v) is 4.53. The van der Waals surface area contributed by atoms with Gasteiger partial charge in [-0.15, -0.1) is 0 Å². The van der Waals surface area contributed by atoms with Crippen molar-refractivity contribution in [3.8, 4) is 5.75 Å². The zero-order valence-electron chi connectivity index (χ0n) is 10.6. The van der Waals surface area contributed by atoms with Crippen LogP contribution in [0.4, 0.5) is 11.4 Å². The molecule has 2 nitrogen and oxygen atoms in total. The van der Waals surface area contributed by atoms with Crippen LogP contribution in [-0.4, -0.2) is 5.11 Å². The van der Waals surface area contributed by atoms with E-state index in [1.807, 2.05) is 12.1 Å². The SMILES string of the molecule is Oc1cc(Nc2cccc3c2CCCC3)ccc1I. The topological polar surface area (TPSA) is 32.3 Å². The third kappa shape index (κ3) is 2.71. The Kier molecular flexibility index (Phi) is 3.64. The maximum atomic E-state index is 9.77. The molecule has 98 valence electrons. The van der Waals surface area contributed by atoms with Gasteiger partial charge in [0.05, 0.1) is 3.57 Å². The fraction of sp³-hybridized carbons (Fsp3) is 0.250. The van der Waals surface area contributed by atoms with Crippen molar-refractivity contribution in [3.05, 3.63) is 51.1 Å². The highest BCUT2D eigenvalue weighted by Gasteiger charge is 2.13. The van der Waals surface area contributed by atoms with Crippen LogP contribution in [0.5, 0.6) is 5.75 Å². The minimum Gasteiger partial charge on any atom is -0.507 e. The number of phenolic OH excluding ortho intramolecular Hbond substituents is 1. The van der Waals surface area contributed by atoms with Gasteiger partial charge >= 0.3 is 0 Å². The molecule has 19 heavy (non-hydrogen) atoms. The highest BCUT2D eigenvalue weighted by Crippen LogP contribution is 2.31. The predicted octanol–water partition coefficient (Wildman–Crippen LogP) is 4.62. The van der Waals surface area contributed by atoms with E-state index >= 15 is 0 Å². The van der Waals surface area contributed by atoms with Gasteiger partial charge in [-0.2, -0.15) is 0 Å². The fourth-order valence-corrected chi connectivity index (χ4v) is 2.98. The lowest BCUT2D eigenvalue weighted by molar-refractivity contribution is 0.472. The number of nitrogens with one attached hydrogen (secondary N) is 1. The van der Waals surface area contributed by atoms with Crippen molar-refractivity contribution in [2.75, 3.05) is 5.32 Å². The van der Waals surface area contributed by atoms with Crippen LogP contribution >= 0.6 is 22.6 Å². The zero-order valence-corrected chi connectivity index (χ0v) is 12.8. The van der Waals surface area contributed by atoms with Crippen LogP contribution in [0.3, 0.4) is 0 Å². The molecule has 0 spiro atoms. The molecule has 2 N–H and O–H groups in total. The number of rotatable bonds is 2. The summed E-state index contributed by atoms with van der Waals surface area (Å²) >= 11 is 2.13. The fourth-order valence-electron chi connectivity index (χ4n) is 2.64. The monoisotopic (exact) mass is 365 g/mol. The van der Waals surface area contributed by atoms with Crippen molar-refractivity contribution in [1.29, 1.82) is 0 Å².